The van der Waals surface area contributed by atoms with Crippen LogP contribution in [0.4, 0.5) is 11.4 Å². The van der Waals surface area contributed by atoms with Crippen LogP contribution in [0.1, 0.15) is 25.3 Å². The highest BCUT2D eigenvalue weighted by atomic mass is 16.5. The van der Waals surface area contributed by atoms with Crippen molar-refractivity contribution < 1.29 is 13.9 Å². The number of benzene rings is 2. The topological polar surface area (TPSA) is 72.7 Å². The summed E-state index contributed by atoms with van der Waals surface area (Å²) < 4.78 is 16.4. The number of ether oxygens (including phenoxy) is 2. The van der Waals surface area contributed by atoms with Crippen LogP contribution in [-0.2, 0) is 6.54 Å². The summed E-state index contributed by atoms with van der Waals surface area (Å²) in [6, 6.07) is 11.9. The zero-order chi connectivity index (χ0) is 20.8. The Morgan fingerprint density at radius 1 is 0.966 bits per heavy atom. The van der Waals surface area contributed by atoms with Crippen LogP contribution in [0.25, 0.3) is 11.5 Å². The summed E-state index contributed by atoms with van der Waals surface area (Å²) in [4.78, 5) is 2.32. The van der Waals surface area contributed by atoms with Gasteiger partial charge in [0.15, 0.2) is 11.5 Å². The zero-order valence-corrected chi connectivity index (χ0v) is 17.7. The molecule has 1 heterocycles. The van der Waals surface area contributed by atoms with Gasteiger partial charge >= 0.3 is 0 Å². The molecule has 0 aliphatic heterocycles. The molecule has 0 fully saturated rings. The van der Waals surface area contributed by atoms with Crippen molar-refractivity contribution in [3.8, 4) is 23.0 Å². The van der Waals surface area contributed by atoms with Crippen molar-refractivity contribution in [1.82, 2.24) is 10.2 Å². The Balaban J connectivity index is 1.70. The van der Waals surface area contributed by atoms with Gasteiger partial charge in [0.2, 0.25) is 11.8 Å². The van der Waals surface area contributed by atoms with Crippen LogP contribution in [0.3, 0.4) is 0 Å². The van der Waals surface area contributed by atoms with Crippen LogP contribution < -0.4 is 19.7 Å². The molecule has 3 rings (SSSR count). The van der Waals surface area contributed by atoms with E-state index in [0.717, 1.165) is 24.3 Å². The molecule has 0 saturated heterocycles. The smallest absolute Gasteiger partial charge is 0.247 e. The Morgan fingerprint density at radius 3 is 2.38 bits per heavy atom. The summed E-state index contributed by atoms with van der Waals surface area (Å²) in [6.07, 6.45) is 0. The van der Waals surface area contributed by atoms with Crippen molar-refractivity contribution in [1.29, 1.82) is 0 Å². The molecule has 3 aromatic rings. The Kier molecular flexibility index (Phi) is 6.59. The molecule has 7 nitrogen and oxygen atoms in total. The summed E-state index contributed by atoms with van der Waals surface area (Å²) in [5.41, 5.74) is 4.23. The second kappa shape index (κ2) is 9.32. The van der Waals surface area contributed by atoms with Crippen molar-refractivity contribution in [2.45, 2.75) is 27.3 Å². The van der Waals surface area contributed by atoms with Crippen LogP contribution in [0, 0.1) is 6.92 Å². The molecule has 0 spiro atoms. The fourth-order valence-corrected chi connectivity index (χ4v) is 3.21. The lowest BCUT2D eigenvalue weighted by Crippen LogP contribution is -2.21. The molecule has 0 radical (unpaired) electrons. The summed E-state index contributed by atoms with van der Waals surface area (Å²) in [7, 11) is 3.20. The molecule has 1 aromatic heterocycles. The minimum atomic E-state index is 0.441. The number of anilines is 2. The highest BCUT2D eigenvalue weighted by molar-refractivity contribution is 5.61. The summed E-state index contributed by atoms with van der Waals surface area (Å²) in [6.45, 7) is 8.85. The van der Waals surface area contributed by atoms with E-state index in [1.54, 1.807) is 14.2 Å². The molecule has 0 atom stereocenters. The highest BCUT2D eigenvalue weighted by Crippen LogP contribution is 2.32. The number of aromatic nitrogens is 2. The summed E-state index contributed by atoms with van der Waals surface area (Å²) in [5.74, 6) is 2.23. The van der Waals surface area contributed by atoms with E-state index in [0.29, 0.717) is 29.8 Å². The molecule has 1 N–H and O–H groups in total. The van der Waals surface area contributed by atoms with Gasteiger partial charge in [-0.1, -0.05) is 0 Å². The number of hydrogen-bond donors (Lipinski definition) is 1. The molecule has 0 saturated carbocycles. The normalized spacial score (nSPS) is 10.7. The van der Waals surface area contributed by atoms with E-state index in [9.17, 15) is 0 Å². The van der Waals surface area contributed by atoms with Gasteiger partial charge in [-0.05, 0) is 62.7 Å². The molecular formula is C22H28N4O3. The second-order valence-electron chi connectivity index (χ2n) is 6.60. The van der Waals surface area contributed by atoms with Gasteiger partial charge < -0.3 is 24.1 Å². The summed E-state index contributed by atoms with van der Waals surface area (Å²) in [5, 5.41) is 11.7. The van der Waals surface area contributed by atoms with Gasteiger partial charge in [-0.15, -0.1) is 10.2 Å². The van der Waals surface area contributed by atoms with Crippen molar-refractivity contribution >= 4 is 11.4 Å². The largest absolute Gasteiger partial charge is 0.493 e. The van der Waals surface area contributed by atoms with Crippen LogP contribution in [-0.4, -0.2) is 37.5 Å². The van der Waals surface area contributed by atoms with Gasteiger partial charge in [0, 0.05) is 30.0 Å². The molecule has 0 amide bonds. The molecule has 154 valence electrons. The fourth-order valence-electron chi connectivity index (χ4n) is 3.21. The quantitative estimate of drug-likeness (QED) is 0.570. The molecule has 0 bridgehead atoms. The van der Waals surface area contributed by atoms with E-state index in [1.165, 1.54) is 11.3 Å². The number of aryl methyl sites for hydroxylation is 1. The Bertz CT molecular complexity index is 951. The minimum absolute atomic E-state index is 0.441. The first kappa shape index (κ1) is 20.5. The number of methoxy groups -OCH3 is 2. The first-order valence-corrected chi connectivity index (χ1v) is 9.73. The average molecular weight is 396 g/mol. The number of hydrogen-bond acceptors (Lipinski definition) is 7. The highest BCUT2D eigenvalue weighted by Gasteiger charge is 2.13. The SMILES string of the molecule is CCN(CC)c1ccc(NCc2nnc(-c3ccc(OC)c(OC)c3)o2)c(C)c1. The van der Waals surface area contributed by atoms with Crippen LogP contribution >= 0.6 is 0 Å². The van der Waals surface area contributed by atoms with Crippen LogP contribution in [0.2, 0.25) is 0 Å². The maximum Gasteiger partial charge on any atom is 0.247 e. The van der Waals surface area contributed by atoms with Crippen LogP contribution in [0.15, 0.2) is 40.8 Å². The van der Waals surface area contributed by atoms with E-state index in [-0.39, 0.29) is 0 Å². The van der Waals surface area contributed by atoms with Gasteiger partial charge in [-0.25, -0.2) is 0 Å². The first-order valence-electron chi connectivity index (χ1n) is 9.73. The van der Waals surface area contributed by atoms with Gasteiger partial charge in [0.1, 0.15) is 0 Å². The third-order valence-corrected chi connectivity index (χ3v) is 4.87. The Morgan fingerprint density at radius 2 is 1.72 bits per heavy atom. The molecule has 7 heteroatoms. The molecule has 0 unspecified atom stereocenters. The molecule has 29 heavy (non-hydrogen) atoms. The van der Waals surface area contributed by atoms with E-state index in [1.807, 2.05) is 18.2 Å². The molecular weight excluding hydrogens is 368 g/mol. The lowest BCUT2D eigenvalue weighted by Gasteiger charge is -2.22. The average Bonchev–Trinajstić information content (AvgIpc) is 3.22. The number of nitrogens with one attached hydrogen (secondary N) is 1. The van der Waals surface area contributed by atoms with E-state index < -0.39 is 0 Å². The lowest BCUT2D eigenvalue weighted by molar-refractivity contribution is 0.355. The molecule has 2 aromatic carbocycles. The zero-order valence-electron chi connectivity index (χ0n) is 17.7. The maximum atomic E-state index is 5.81. The Hall–Kier alpha value is -3.22. The van der Waals surface area contributed by atoms with E-state index in [4.69, 9.17) is 13.9 Å². The predicted molar refractivity (Wildman–Crippen MR) is 115 cm³/mol. The van der Waals surface area contributed by atoms with E-state index >= 15 is 0 Å². The van der Waals surface area contributed by atoms with Gasteiger partial charge in [-0.3, -0.25) is 0 Å². The van der Waals surface area contributed by atoms with Gasteiger partial charge in [0.25, 0.3) is 0 Å². The summed E-state index contributed by atoms with van der Waals surface area (Å²) >= 11 is 0. The minimum Gasteiger partial charge on any atom is -0.493 e. The van der Waals surface area contributed by atoms with Crippen molar-refractivity contribution in [3.63, 3.8) is 0 Å². The van der Waals surface area contributed by atoms with E-state index in [2.05, 4.69) is 59.4 Å². The second-order valence-corrected chi connectivity index (χ2v) is 6.60. The lowest BCUT2D eigenvalue weighted by atomic mass is 10.1. The van der Waals surface area contributed by atoms with Gasteiger partial charge in [-0.2, -0.15) is 0 Å². The first-order chi connectivity index (χ1) is 14.1. The molecule has 0 aliphatic carbocycles. The van der Waals surface area contributed by atoms with Crippen molar-refractivity contribution in [2.75, 3.05) is 37.5 Å². The standard InChI is InChI=1S/C22H28N4O3/c1-6-26(7-2)17-9-10-18(15(3)12-17)23-14-21-24-25-22(29-21)16-8-11-19(27-4)20(13-16)28-5/h8-13,23H,6-7,14H2,1-5H3. The van der Waals surface area contributed by atoms with Crippen molar-refractivity contribution in [2.24, 2.45) is 0 Å². The fraction of sp³-hybridized carbons (Fsp3) is 0.364. The third-order valence-electron chi connectivity index (χ3n) is 4.87. The third kappa shape index (κ3) is 4.62. The van der Waals surface area contributed by atoms with Gasteiger partial charge in [0.05, 0.1) is 20.8 Å². The predicted octanol–water partition coefficient (Wildman–Crippen LogP) is 4.52. The number of nitrogens with zero attached hydrogens (tertiary/aromatic N) is 3. The van der Waals surface area contributed by atoms with Crippen molar-refractivity contribution in [3.05, 3.63) is 47.9 Å². The number of rotatable bonds is 9. The maximum absolute atomic E-state index is 5.81. The molecule has 0 aliphatic rings. The Labute approximate surface area is 171 Å². The monoisotopic (exact) mass is 396 g/mol. The van der Waals surface area contributed by atoms with Crippen LogP contribution in [0.5, 0.6) is 11.5 Å².